The van der Waals surface area contributed by atoms with Gasteiger partial charge in [0.25, 0.3) is 0 Å². The molecule has 0 unspecified atom stereocenters. The highest BCUT2D eigenvalue weighted by atomic mass is 19.1. The van der Waals surface area contributed by atoms with Crippen molar-refractivity contribution in [2.75, 3.05) is 26.4 Å². The third-order valence-electron chi connectivity index (χ3n) is 8.39. The molecule has 0 amide bonds. The van der Waals surface area contributed by atoms with Gasteiger partial charge in [0.05, 0.1) is 25.9 Å². The lowest BCUT2D eigenvalue weighted by molar-refractivity contribution is -0.148. The second-order valence-corrected chi connectivity index (χ2v) is 12.6. The molecule has 1 aliphatic heterocycles. The fourth-order valence-electron chi connectivity index (χ4n) is 6.55. The quantitative estimate of drug-likeness (QED) is 0.143. The van der Waals surface area contributed by atoms with Crippen LogP contribution in [-0.2, 0) is 33.7 Å². The van der Waals surface area contributed by atoms with Crippen LogP contribution in [0.2, 0.25) is 0 Å². The summed E-state index contributed by atoms with van der Waals surface area (Å²) in [6, 6.07) is 17.6. The molecule has 8 heteroatoms. The van der Waals surface area contributed by atoms with Crippen LogP contribution in [0.5, 0.6) is 5.75 Å². The molecule has 0 fully saturated rings. The molecular formula is C37H42F3NO4. The Labute approximate surface area is 264 Å². The van der Waals surface area contributed by atoms with Crippen molar-refractivity contribution in [1.29, 1.82) is 0 Å². The summed E-state index contributed by atoms with van der Waals surface area (Å²) in [6.07, 6.45) is 2.61. The maximum Gasteiger partial charge on any atom is 0.332 e. The number of hydrogen-bond acceptors (Lipinski definition) is 5. The van der Waals surface area contributed by atoms with Crippen LogP contribution in [0, 0.1) is 11.6 Å². The average molecular weight is 622 g/mol. The van der Waals surface area contributed by atoms with E-state index in [-0.39, 0.29) is 37.1 Å². The minimum atomic E-state index is -1.54. The van der Waals surface area contributed by atoms with E-state index in [9.17, 15) is 4.79 Å². The van der Waals surface area contributed by atoms with Crippen molar-refractivity contribution in [2.45, 2.75) is 77.7 Å². The second-order valence-electron chi connectivity index (χ2n) is 12.6. The lowest BCUT2D eigenvalue weighted by atomic mass is 9.84. The highest BCUT2D eigenvalue weighted by Crippen LogP contribution is 2.50. The maximum absolute atomic E-state index is 15.9. The summed E-state index contributed by atoms with van der Waals surface area (Å²) >= 11 is 0. The molecule has 1 heterocycles. The van der Waals surface area contributed by atoms with Gasteiger partial charge in [0.1, 0.15) is 29.7 Å². The Balaban J connectivity index is 1.27. The monoisotopic (exact) mass is 621 g/mol. The summed E-state index contributed by atoms with van der Waals surface area (Å²) in [6.45, 7) is 7.59. The lowest BCUT2D eigenvalue weighted by Gasteiger charge is -2.44. The van der Waals surface area contributed by atoms with E-state index in [2.05, 4.69) is 12.1 Å². The third kappa shape index (κ3) is 7.97. The van der Waals surface area contributed by atoms with Crippen LogP contribution in [-0.4, -0.2) is 48.9 Å². The van der Waals surface area contributed by atoms with Crippen LogP contribution in [0.4, 0.5) is 13.2 Å². The lowest BCUT2D eigenvalue weighted by Crippen LogP contribution is -2.47. The number of carbonyl (C=O) groups excluding carboxylic acids is 1. The third-order valence-corrected chi connectivity index (χ3v) is 8.39. The molecule has 0 radical (unpaired) electrons. The van der Waals surface area contributed by atoms with Crippen LogP contribution < -0.4 is 4.74 Å². The van der Waals surface area contributed by atoms with E-state index in [1.54, 1.807) is 6.92 Å². The normalized spacial score (nSPS) is 18.1. The number of alkyl halides is 1. The number of fused-ring (bicyclic) bond motifs is 2. The van der Waals surface area contributed by atoms with Crippen LogP contribution in [0.1, 0.15) is 74.4 Å². The number of aryl methyl sites for hydroxylation is 1. The molecule has 0 saturated heterocycles. The van der Waals surface area contributed by atoms with E-state index in [0.29, 0.717) is 38.9 Å². The Morgan fingerprint density at radius 1 is 1.02 bits per heavy atom. The SMILES string of the molecule is CCOC(=O)COCc1cccc(CCCOc2cc(F)c([C@@H]3C4=C(C[C@@H](C)N3CC(C)(C)F)c3ccccc3C4)c(F)c2)c1. The topological polar surface area (TPSA) is 48.0 Å². The molecule has 240 valence electrons. The van der Waals surface area contributed by atoms with E-state index >= 15 is 13.2 Å². The van der Waals surface area contributed by atoms with Gasteiger partial charge in [-0.25, -0.2) is 18.0 Å². The molecule has 0 aromatic heterocycles. The number of hydrogen-bond donors (Lipinski definition) is 0. The first-order valence-electron chi connectivity index (χ1n) is 15.7. The molecule has 5 rings (SSSR count). The van der Waals surface area contributed by atoms with Gasteiger partial charge in [-0.05, 0) is 86.8 Å². The molecule has 3 aromatic carbocycles. The number of rotatable bonds is 13. The zero-order chi connectivity index (χ0) is 32.1. The second kappa shape index (κ2) is 14.2. The average Bonchev–Trinajstić information content (AvgIpc) is 3.34. The summed E-state index contributed by atoms with van der Waals surface area (Å²) in [5, 5.41) is 0. The summed E-state index contributed by atoms with van der Waals surface area (Å²) < 4.78 is 63.0. The Hall–Kier alpha value is -3.62. The Bertz CT molecular complexity index is 1520. The summed E-state index contributed by atoms with van der Waals surface area (Å²) in [5.41, 5.74) is 4.72. The molecule has 5 nitrogen and oxygen atoms in total. The molecule has 0 N–H and O–H groups in total. The van der Waals surface area contributed by atoms with Gasteiger partial charge < -0.3 is 14.2 Å². The van der Waals surface area contributed by atoms with Crippen molar-refractivity contribution in [2.24, 2.45) is 0 Å². The fourth-order valence-corrected chi connectivity index (χ4v) is 6.55. The van der Waals surface area contributed by atoms with Crippen molar-refractivity contribution in [3.05, 3.63) is 106 Å². The fraction of sp³-hybridized carbons (Fsp3) is 0.432. The predicted octanol–water partition coefficient (Wildman–Crippen LogP) is 7.95. The van der Waals surface area contributed by atoms with E-state index in [0.717, 1.165) is 33.4 Å². The van der Waals surface area contributed by atoms with Gasteiger partial charge in [0.2, 0.25) is 0 Å². The van der Waals surface area contributed by atoms with E-state index < -0.39 is 29.3 Å². The standard InChI is InChI=1S/C37H42F3NO4/c1-5-44-34(42)22-43-21-26-11-8-10-25(17-26)12-9-15-45-28-19-32(38)35(33(39)20-28)36-31-18-27-13-6-7-14-29(27)30(31)16-24(2)41(36)23-37(3,4)40/h6-8,10-11,13-14,17,19-20,24,36H,5,9,12,15-16,18,21-23H2,1-4H3/t24-,36+/m1/s1. The zero-order valence-electron chi connectivity index (χ0n) is 26.5. The highest BCUT2D eigenvalue weighted by molar-refractivity contribution is 5.79. The summed E-state index contributed by atoms with van der Waals surface area (Å²) in [7, 11) is 0. The van der Waals surface area contributed by atoms with Gasteiger partial charge in [0.15, 0.2) is 0 Å². The molecule has 0 spiro atoms. The molecule has 45 heavy (non-hydrogen) atoms. The van der Waals surface area contributed by atoms with Gasteiger partial charge in [0, 0.05) is 30.3 Å². The molecule has 1 aliphatic carbocycles. The molecule has 0 saturated carbocycles. The number of halogens is 3. The first kappa shape index (κ1) is 32.8. The van der Waals surface area contributed by atoms with E-state index in [1.807, 2.05) is 48.2 Å². The van der Waals surface area contributed by atoms with Gasteiger partial charge in [-0.2, -0.15) is 0 Å². The first-order valence-corrected chi connectivity index (χ1v) is 15.7. The van der Waals surface area contributed by atoms with Gasteiger partial charge >= 0.3 is 5.97 Å². The van der Waals surface area contributed by atoms with Crippen molar-refractivity contribution >= 4 is 11.5 Å². The smallest absolute Gasteiger partial charge is 0.332 e. The van der Waals surface area contributed by atoms with Crippen LogP contribution >= 0.6 is 0 Å². The molecule has 2 atom stereocenters. The van der Waals surface area contributed by atoms with Crippen molar-refractivity contribution in [1.82, 2.24) is 4.90 Å². The van der Waals surface area contributed by atoms with Crippen molar-refractivity contribution in [3.8, 4) is 5.75 Å². The number of benzene rings is 3. The van der Waals surface area contributed by atoms with Gasteiger partial charge in [-0.15, -0.1) is 0 Å². The predicted molar refractivity (Wildman–Crippen MR) is 169 cm³/mol. The molecule has 2 aliphatic rings. The van der Waals surface area contributed by atoms with Gasteiger partial charge in [-0.1, -0.05) is 48.5 Å². The zero-order valence-corrected chi connectivity index (χ0v) is 26.5. The first-order chi connectivity index (χ1) is 21.5. The van der Waals surface area contributed by atoms with Crippen molar-refractivity contribution < 1.29 is 32.2 Å². The minimum Gasteiger partial charge on any atom is -0.493 e. The van der Waals surface area contributed by atoms with Crippen LogP contribution in [0.25, 0.3) is 5.57 Å². The summed E-state index contributed by atoms with van der Waals surface area (Å²) in [5.74, 6) is -1.65. The Kier molecular flexibility index (Phi) is 10.3. The Morgan fingerprint density at radius 3 is 2.49 bits per heavy atom. The van der Waals surface area contributed by atoms with E-state index in [1.165, 1.54) is 26.0 Å². The molecular weight excluding hydrogens is 579 g/mol. The van der Waals surface area contributed by atoms with E-state index in [4.69, 9.17) is 14.2 Å². The number of esters is 1. The summed E-state index contributed by atoms with van der Waals surface area (Å²) in [4.78, 5) is 13.4. The minimum absolute atomic E-state index is 0.0551. The van der Waals surface area contributed by atoms with Crippen LogP contribution in [0.3, 0.4) is 0 Å². The van der Waals surface area contributed by atoms with Crippen LogP contribution in [0.15, 0.2) is 66.2 Å². The largest absolute Gasteiger partial charge is 0.493 e. The maximum atomic E-state index is 15.9. The number of ether oxygens (including phenoxy) is 3. The van der Waals surface area contributed by atoms with Crippen molar-refractivity contribution in [3.63, 3.8) is 0 Å². The number of nitrogens with zero attached hydrogens (tertiary/aromatic N) is 1. The highest BCUT2D eigenvalue weighted by Gasteiger charge is 2.43. The molecule has 0 bridgehead atoms. The Morgan fingerprint density at radius 2 is 1.76 bits per heavy atom. The van der Waals surface area contributed by atoms with Gasteiger partial charge in [-0.3, -0.25) is 4.90 Å². The molecule has 3 aromatic rings. The number of carbonyl (C=O) groups is 1.